The maximum Gasteiger partial charge on any atom is 0.126 e. The number of benzene rings is 2. The van der Waals surface area contributed by atoms with Gasteiger partial charge in [0.1, 0.15) is 11.6 Å². The van der Waals surface area contributed by atoms with Crippen LogP contribution < -0.4 is 0 Å². The van der Waals surface area contributed by atoms with E-state index in [0.717, 1.165) is 22.5 Å². The van der Waals surface area contributed by atoms with E-state index in [0.29, 0.717) is 5.56 Å². The summed E-state index contributed by atoms with van der Waals surface area (Å²) in [4.78, 5) is 4.29. The van der Waals surface area contributed by atoms with Crippen molar-refractivity contribution < 1.29 is 8.78 Å². The van der Waals surface area contributed by atoms with E-state index in [9.17, 15) is 8.78 Å². The summed E-state index contributed by atoms with van der Waals surface area (Å²) in [7, 11) is 0. The number of pyridine rings is 1. The van der Waals surface area contributed by atoms with Crippen LogP contribution in [-0.2, 0) is 0 Å². The molecule has 0 spiro atoms. The monoisotopic (exact) mass is 267 g/mol. The Kier molecular flexibility index (Phi) is 3.25. The molecule has 0 saturated carbocycles. The lowest BCUT2D eigenvalue weighted by Crippen LogP contribution is -1.84. The highest BCUT2D eigenvalue weighted by atomic mass is 19.1. The Balaban J connectivity index is 2.02. The van der Waals surface area contributed by atoms with Gasteiger partial charge in [0.05, 0.1) is 5.69 Å². The molecule has 0 atom stereocenters. The molecule has 0 aliphatic rings. The molecular weight excluding hydrogens is 256 g/mol. The first-order chi connectivity index (χ1) is 9.72. The smallest absolute Gasteiger partial charge is 0.126 e. The van der Waals surface area contributed by atoms with E-state index in [4.69, 9.17) is 0 Å². The van der Waals surface area contributed by atoms with Crippen LogP contribution in [-0.4, -0.2) is 4.98 Å². The van der Waals surface area contributed by atoms with Crippen molar-refractivity contribution in [2.24, 2.45) is 0 Å². The molecule has 1 nitrogen and oxygen atoms in total. The molecule has 0 aliphatic heterocycles. The van der Waals surface area contributed by atoms with Crippen molar-refractivity contribution in [3.05, 3.63) is 77.6 Å². The van der Waals surface area contributed by atoms with Crippen LogP contribution in [0.15, 0.2) is 54.7 Å². The lowest BCUT2D eigenvalue weighted by Gasteiger charge is -2.01. The predicted molar refractivity (Wildman–Crippen MR) is 77.0 cm³/mol. The molecule has 3 aromatic rings. The summed E-state index contributed by atoms with van der Waals surface area (Å²) in [6, 6.07) is 13.2. The molecule has 0 amide bonds. The molecule has 0 unspecified atom stereocenters. The molecule has 0 radical (unpaired) electrons. The largest absolute Gasteiger partial charge is 0.256 e. The molecule has 1 heterocycles. The molecule has 0 bridgehead atoms. The summed E-state index contributed by atoms with van der Waals surface area (Å²) in [6.45, 7) is 0. The van der Waals surface area contributed by atoms with Crippen molar-refractivity contribution in [2.45, 2.75) is 0 Å². The predicted octanol–water partition coefficient (Wildman–Crippen LogP) is 4.68. The summed E-state index contributed by atoms with van der Waals surface area (Å²) in [6.07, 6.45) is 5.13. The third-order valence-corrected chi connectivity index (χ3v) is 3.02. The second-order valence-electron chi connectivity index (χ2n) is 4.45. The van der Waals surface area contributed by atoms with Gasteiger partial charge in [-0.3, -0.25) is 4.98 Å². The van der Waals surface area contributed by atoms with Crippen LogP contribution in [0.4, 0.5) is 8.78 Å². The molecule has 20 heavy (non-hydrogen) atoms. The van der Waals surface area contributed by atoms with Crippen LogP contribution in [0.2, 0.25) is 0 Å². The number of hydrogen-bond donors (Lipinski definition) is 0. The number of halogens is 2. The zero-order chi connectivity index (χ0) is 13.9. The Morgan fingerprint density at radius 2 is 1.60 bits per heavy atom. The summed E-state index contributed by atoms with van der Waals surface area (Å²) in [5, 5.41) is 2.08. The third kappa shape index (κ3) is 2.57. The highest BCUT2D eigenvalue weighted by molar-refractivity contribution is 5.90. The third-order valence-electron chi connectivity index (χ3n) is 3.02. The minimum absolute atomic E-state index is 0.470. The van der Waals surface area contributed by atoms with Crippen LogP contribution in [0, 0.1) is 11.6 Å². The minimum atomic E-state index is -0.587. The average molecular weight is 267 g/mol. The first-order valence-corrected chi connectivity index (χ1v) is 6.20. The van der Waals surface area contributed by atoms with Gasteiger partial charge in [0.15, 0.2) is 0 Å². The van der Waals surface area contributed by atoms with Crippen LogP contribution in [0.1, 0.15) is 11.3 Å². The van der Waals surface area contributed by atoms with Gasteiger partial charge in [-0.2, -0.15) is 0 Å². The average Bonchev–Trinajstić information content (AvgIpc) is 2.44. The number of fused-ring (bicyclic) bond motifs is 1. The maximum absolute atomic E-state index is 13.1. The molecule has 0 saturated heterocycles. The number of hydrogen-bond acceptors (Lipinski definition) is 1. The van der Waals surface area contributed by atoms with Gasteiger partial charge in [0.2, 0.25) is 0 Å². The van der Waals surface area contributed by atoms with E-state index in [2.05, 4.69) is 4.98 Å². The second kappa shape index (κ2) is 5.21. The van der Waals surface area contributed by atoms with Crippen LogP contribution in [0.3, 0.4) is 0 Å². The SMILES string of the molecule is Fc1cc(F)cc(/C=C/c2nccc3ccccc23)c1. The number of rotatable bonds is 2. The Labute approximate surface area is 115 Å². The van der Waals surface area contributed by atoms with E-state index >= 15 is 0 Å². The van der Waals surface area contributed by atoms with Crippen LogP contribution in [0.25, 0.3) is 22.9 Å². The Bertz CT molecular complexity index is 768. The molecule has 3 rings (SSSR count). The van der Waals surface area contributed by atoms with Crippen LogP contribution in [0.5, 0.6) is 0 Å². The Hall–Kier alpha value is -2.55. The number of aromatic nitrogens is 1. The van der Waals surface area contributed by atoms with Crippen molar-refractivity contribution in [1.82, 2.24) is 4.98 Å². The lowest BCUT2D eigenvalue weighted by molar-refractivity contribution is 0.583. The van der Waals surface area contributed by atoms with E-state index in [1.54, 1.807) is 18.3 Å². The molecule has 0 fully saturated rings. The van der Waals surface area contributed by atoms with Gasteiger partial charge in [-0.15, -0.1) is 0 Å². The fraction of sp³-hybridized carbons (Fsp3) is 0. The highest BCUT2D eigenvalue weighted by Gasteiger charge is 2.00. The summed E-state index contributed by atoms with van der Waals surface area (Å²) in [5.41, 5.74) is 1.24. The molecule has 1 aromatic heterocycles. The van der Waals surface area contributed by atoms with Gasteiger partial charge in [-0.25, -0.2) is 8.78 Å². The Morgan fingerprint density at radius 1 is 0.850 bits per heavy atom. The van der Waals surface area contributed by atoms with Crippen molar-refractivity contribution >= 4 is 22.9 Å². The van der Waals surface area contributed by atoms with Crippen molar-refractivity contribution in [1.29, 1.82) is 0 Å². The standard InChI is InChI=1S/C17H11F2N/c18-14-9-12(10-15(19)11-14)5-6-17-16-4-2-1-3-13(16)7-8-20-17/h1-11H/b6-5+. The van der Waals surface area contributed by atoms with Crippen LogP contribution >= 0.6 is 0 Å². The fourth-order valence-corrected chi connectivity index (χ4v) is 2.12. The van der Waals surface area contributed by atoms with Gasteiger partial charge in [-0.05, 0) is 35.2 Å². The summed E-state index contributed by atoms with van der Waals surface area (Å²) < 4.78 is 26.2. The first-order valence-electron chi connectivity index (χ1n) is 6.20. The topological polar surface area (TPSA) is 12.9 Å². The fourth-order valence-electron chi connectivity index (χ4n) is 2.12. The Morgan fingerprint density at radius 3 is 2.40 bits per heavy atom. The molecule has 98 valence electrons. The molecule has 3 heteroatoms. The van der Waals surface area contributed by atoms with Gasteiger partial charge < -0.3 is 0 Å². The van der Waals surface area contributed by atoms with E-state index < -0.39 is 11.6 Å². The molecule has 0 N–H and O–H groups in total. The van der Waals surface area contributed by atoms with E-state index in [1.807, 2.05) is 30.3 Å². The normalized spacial score (nSPS) is 11.3. The van der Waals surface area contributed by atoms with E-state index in [1.165, 1.54) is 12.1 Å². The lowest BCUT2D eigenvalue weighted by atomic mass is 10.1. The van der Waals surface area contributed by atoms with Crippen molar-refractivity contribution in [2.75, 3.05) is 0 Å². The number of nitrogens with zero attached hydrogens (tertiary/aromatic N) is 1. The molecule has 0 aliphatic carbocycles. The zero-order valence-corrected chi connectivity index (χ0v) is 10.6. The summed E-state index contributed by atoms with van der Waals surface area (Å²) >= 11 is 0. The van der Waals surface area contributed by atoms with Crippen molar-refractivity contribution in [3.63, 3.8) is 0 Å². The second-order valence-corrected chi connectivity index (χ2v) is 4.45. The first kappa shape index (κ1) is 12.5. The molecular formula is C17H11F2N. The van der Waals surface area contributed by atoms with Gasteiger partial charge in [-0.1, -0.05) is 30.3 Å². The molecule has 2 aromatic carbocycles. The highest BCUT2D eigenvalue weighted by Crippen LogP contribution is 2.19. The van der Waals surface area contributed by atoms with Gasteiger partial charge in [0.25, 0.3) is 0 Å². The zero-order valence-electron chi connectivity index (χ0n) is 10.6. The van der Waals surface area contributed by atoms with E-state index in [-0.39, 0.29) is 0 Å². The quantitative estimate of drug-likeness (QED) is 0.656. The van der Waals surface area contributed by atoms with Crippen molar-refractivity contribution in [3.8, 4) is 0 Å². The van der Waals surface area contributed by atoms with Gasteiger partial charge >= 0.3 is 0 Å². The van der Waals surface area contributed by atoms with Gasteiger partial charge in [0, 0.05) is 17.6 Å². The minimum Gasteiger partial charge on any atom is -0.256 e. The summed E-state index contributed by atoms with van der Waals surface area (Å²) in [5.74, 6) is -1.17. The maximum atomic E-state index is 13.1.